The average Bonchev–Trinajstić information content (AvgIpc) is 3.43. The monoisotopic (exact) mass is 628 g/mol. The van der Waals surface area contributed by atoms with Crippen molar-refractivity contribution in [3.8, 4) is 0 Å². The highest BCUT2D eigenvalue weighted by Crippen LogP contribution is 2.28. The molecule has 0 saturated carbocycles. The molecule has 3 heterocycles. The third kappa shape index (κ3) is 6.25. The standard InChI is InChI=1S/C28H32N6O7S2/c1-4-41-27(36)22-15-33(9-10-34(22)26(35)25-31-21-11-16(2)30-14-23(21)42-25)43(38,39)20-8-7-17-5-6-18(12-19(17)13-20)24(29)32-28(37)40-3/h5-8,12-13,16,22,30H,4,9-11,14-15H2,1-3H3,(H2,29,32,37). The first kappa shape index (κ1) is 30.5. The van der Waals surface area contributed by atoms with Crippen molar-refractivity contribution in [1.82, 2.24) is 19.5 Å². The Labute approximate surface area is 252 Å². The predicted octanol–water partition coefficient (Wildman–Crippen LogP) is 1.88. The van der Waals surface area contributed by atoms with Crippen molar-refractivity contribution in [3.05, 3.63) is 57.5 Å². The summed E-state index contributed by atoms with van der Waals surface area (Å²) in [6.07, 6.45) is -0.159. The van der Waals surface area contributed by atoms with Gasteiger partial charge in [0, 0.05) is 49.1 Å². The first-order valence-electron chi connectivity index (χ1n) is 13.7. The molecule has 2 aromatic carbocycles. The van der Waals surface area contributed by atoms with Crippen LogP contribution in [0.1, 0.15) is 39.8 Å². The van der Waals surface area contributed by atoms with Crippen LogP contribution in [0.25, 0.3) is 10.8 Å². The number of carbonyl (C=O) groups excluding carboxylic acids is 3. The molecule has 2 unspecified atom stereocenters. The number of aromatic nitrogens is 1. The average molecular weight is 629 g/mol. The zero-order valence-electron chi connectivity index (χ0n) is 23.9. The second kappa shape index (κ2) is 12.4. The number of amides is 2. The van der Waals surface area contributed by atoms with Gasteiger partial charge in [-0.25, -0.2) is 23.0 Å². The number of benzene rings is 2. The topological polar surface area (TPSA) is 174 Å². The van der Waals surface area contributed by atoms with Gasteiger partial charge < -0.3 is 25.4 Å². The summed E-state index contributed by atoms with van der Waals surface area (Å²) >= 11 is 1.29. The van der Waals surface area contributed by atoms with Crippen LogP contribution < -0.4 is 11.1 Å². The molecule has 1 aromatic heterocycles. The molecular weight excluding hydrogens is 596 g/mol. The molecule has 0 aliphatic carbocycles. The lowest BCUT2D eigenvalue weighted by Gasteiger charge is -2.38. The van der Waals surface area contributed by atoms with Gasteiger partial charge >= 0.3 is 12.1 Å². The van der Waals surface area contributed by atoms with Crippen LogP contribution in [-0.4, -0.2) is 91.8 Å². The lowest BCUT2D eigenvalue weighted by molar-refractivity contribution is -0.149. The second-order valence-corrected chi connectivity index (χ2v) is 13.2. The number of piperazine rings is 1. The number of hydrogen-bond donors (Lipinski definition) is 2. The van der Waals surface area contributed by atoms with Gasteiger partial charge in [0.25, 0.3) is 5.91 Å². The number of esters is 1. The van der Waals surface area contributed by atoms with Crippen LogP contribution in [0.5, 0.6) is 0 Å². The number of nitrogens with two attached hydrogens (primary N) is 1. The molecule has 5 rings (SSSR count). The van der Waals surface area contributed by atoms with Gasteiger partial charge in [-0.05, 0) is 42.8 Å². The third-order valence-corrected chi connectivity index (χ3v) is 10.3. The summed E-state index contributed by atoms with van der Waals surface area (Å²) in [4.78, 5) is 48.7. The quantitative estimate of drug-likeness (QED) is 0.233. The van der Waals surface area contributed by atoms with Crippen molar-refractivity contribution < 1.29 is 32.3 Å². The number of rotatable bonds is 6. The molecule has 2 aliphatic rings. The summed E-state index contributed by atoms with van der Waals surface area (Å²) < 4.78 is 38.6. The highest BCUT2D eigenvalue weighted by molar-refractivity contribution is 7.89. The van der Waals surface area contributed by atoms with Gasteiger partial charge in [-0.3, -0.25) is 4.79 Å². The molecule has 43 heavy (non-hydrogen) atoms. The Balaban J connectivity index is 1.41. The van der Waals surface area contributed by atoms with Gasteiger partial charge in [-0.15, -0.1) is 11.3 Å². The Morgan fingerprint density at radius 2 is 1.93 bits per heavy atom. The molecule has 228 valence electrons. The van der Waals surface area contributed by atoms with Gasteiger partial charge in [-0.1, -0.05) is 18.2 Å². The Morgan fingerprint density at radius 1 is 1.16 bits per heavy atom. The van der Waals surface area contributed by atoms with Crippen LogP contribution in [-0.2, 0) is 37.3 Å². The minimum atomic E-state index is -4.08. The number of hydrogen-bond acceptors (Lipinski definition) is 10. The third-order valence-electron chi connectivity index (χ3n) is 7.37. The van der Waals surface area contributed by atoms with E-state index in [0.29, 0.717) is 23.9 Å². The number of ether oxygens (including phenoxy) is 2. The molecule has 0 spiro atoms. The molecule has 1 fully saturated rings. The number of nitrogens with zero attached hydrogens (tertiary/aromatic N) is 4. The van der Waals surface area contributed by atoms with E-state index in [1.165, 1.54) is 39.8 Å². The van der Waals surface area contributed by atoms with E-state index in [2.05, 4.69) is 20.0 Å². The number of amidine groups is 1. The molecule has 15 heteroatoms. The maximum atomic E-state index is 13.8. The van der Waals surface area contributed by atoms with Gasteiger partial charge in [-0.2, -0.15) is 9.30 Å². The number of aliphatic imine (C=N–C) groups is 1. The van der Waals surface area contributed by atoms with E-state index >= 15 is 0 Å². The number of thiazole rings is 1. The SMILES string of the molecule is CCOC(=O)C1CN(S(=O)(=O)c2ccc3ccc(C(N)=NC(=O)OC)cc3c2)CCN1C(=O)c1nc2c(s1)CNC(C)C2. The maximum Gasteiger partial charge on any atom is 0.435 e. The van der Waals surface area contributed by atoms with Crippen LogP contribution in [0.15, 0.2) is 46.3 Å². The molecule has 0 bridgehead atoms. The van der Waals surface area contributed by atoms with E-state index in [0.717, 1.165) is 16.0 Å². The number of methoxy groups -OCH3 is 1. The molecule has 2 amide bonds. The summed E-state index contributed by atoms with van der Waals surface area (Å²) in [6.45, 7) is 4.08. The largest absolute Gasteiger partial charge is 0.464 e. The summed E-state index contributed by atoms with van der Waals surface area (Å²) in [5, 5.41) is 4.91. The highest BCUT2D eigenvalue weighted by atomic mass is 32.2. The Kier molecular flexibility index (Phi) is 8.78. The zero-order valence-corrected chi connectivity index (χ0v) is 25.5. The fourth-order valence-electron chi connectivity index (χ4n) is 5.09. The van der Waals surface area contributed by atoms with Gasteiger partial charge in [0.2, 0.25) is 10.0 Å². The molecule has 1 saturated heterocycles. The minimum Gasteiger partial charge on any atom is -0.464 e. The van der Waals surface area contributed by atoms with E-state index in [4.69, 9.17) is 10.5 Å². The summed E-state index contributed by atoms with van der Waals surface area (Å²) in [6, 6.07) is 8.74. The summed E-state index contributed by atoms with van der Waals surface area (Å²) in [5.74, 6) is -1.19. The molecule has 2 aliphatic heterocycles. The molecule has 13 nitrogen and oxygen atoms in total. The number of carbonyl (C=O) groups is 3. The predicted molar refractivity (Wildman–Crippen MR) is 159 cm³/mol. The smallest absolute Gasteiger partial charge is 0.435 e. The van der Waals surface area contributed by atoms with Crippen LogP contribution in [0.4, 0.5) is 4.79 Å². The normalized spacial score (nSPS) is 19.6. The van der Waals surface area contributed by atoms with E-state index in [9.17, 15) is 22.8 Å². The Bertz CT molecular complexity index is 1720. The van der Waals surface area contributed by atoms with Crippen LogP contribution >= 0.6 is 11.3 Å². The molecule has 3 aromatic rings. The number of fused-ring (bicyclic) bond motifs is 2. The number of nitrogens with one attached hydrogen (secondary N) is 1. The Hall–Kier alpha value is -3.92. The zero-order chi connectivity index (χ0) is 30.9. The van der Waals surface area contributed by atoms with E-state index in [1.807, 2.05) is 6.92 Å². The number of sulfonamides is 1. The van der Waals surface area contributed by atoms with Gasteiger partial charge in [0.15, 0.2) is 5.01 Å². The van der Waals surface area contributed by atoms with E-state index < -0.39 is 34.0 Å². The lowest BCUT2D eigenvalue weighted by Crippen LogP contribution is -2.59. The minimum absolute atomic E-state index is 0.00256. The van der Waals surface area contributed by atoms with Gasteiger partial charge in [0.05, 0.1) is 24.3 Å². The summed E-state index contributed by atoms with van der Waals surface area (Å²) in [5.41, 5.74) is 7.21. The fourth-order valence-corrected chi connectivity index (χ4v) is 7.56. The molecule has 2 atom stereocenters. The van der Waals surface area contributed by atoms with Crippen molar-refractivity contribution in [1.29, 1.82) is 0 Å². The molecular formula is C28H32N6O7S2. The summed E-state index contributed by atoms with van der Waals surface area (Å²) in [7, 11) is -2.90. The molecule has 0 radical (unpaired) electrons. The first-order chi connectivity index (χ1) is 20.5. The lowest BCUT2D eigenvalue weighted by atomic mass is 10.1. The van der Waals surface area contributed by atoms with E-state index in [-0.39, 0.29) is 48.0 Å². The van der Waals surface area contributed by atoms with E-state index in [1.54, 1.807) is 31.2 Å². The maximum absolute atomic E-state index is 13.8. The van der Waals surface area contributed by atoms with Gasteiger partial charge in [0.1, 0.15) is 11.9 Å². The first-order valence-corrected chi connectivity index (χ1v) is 15.9. The Morgan fingerprint density at radius 3 is 2.67 bits per heavy atom. The van der Waals surface area contributed by atoms with Crippen LogP contribution in [0.2, 0.25) is 0 Å². The van der Waals surface area contributed by atoms with Crippen LogP contribution in [0, 0.1) is 0 Å². The van der Waals surface area contributed by atoms with Crippen molar-refractivity contribution in [2.45, 2.75) is 43.8 Å². The van der Waals surface area contributed by atoms with Crippen LogP contribution in [0.3, 0.4) is 0 Å². The fraction of sp³-hybridized carbons (Fsp3) is 0.393. The second-order valence-electron chi connectivity index (χ2n) is 10.2. The van der Waals surface area contributed by atoms with Crippen molar-refractivity contribution in [3.63, 3.8) is 0 Å². The highest BCUT2D eigenvalue weighted by Gasteiger charge is 2.42. The van der Waals surface area contributed by atoms with Crippen molar-refractivity contribution in [2.75, 3.05) is 33.4 Å². The van der Waals surface area contributed by atoms with Crippen molar-refractivity contribution >= 4 is 55.9 Å². The molecule has 3 N–H and O–H groups in total. The van der Waals surface area contributed by atoms with Crippen molar-refractivity contribution in [2.24, 2.45) is 10.7 Å².